The average Bonchev–Trinajstić information content (AvgIpc) is 2.85. The third-order valence-electron chi connectivity index (χ3n) is 5.93. The number of hydrogen-bond acceptors (Lipinski definition) is 5. The van der Waals surface area contributed by atoms with Crippen molar-refractivity contribution in [3.05, 3.63) is 88.7 Å². The molecule has 3 rings (SSSR count). The summed E-state index contributed by atoms with van der Waals surface area (Å²) >= 11 is 0. The summed E-state index contributed by atoms with van der Waals surface area (Å²) in [6.45, 7) is 5.76. The van der Waals surface area contributed by atoms with Gasteiger partial charge in [-0.15, -0.1) is 0 Å². The molecular weight excluding hydrogens is 440 g/mol. The lowest BCUT2D eigenvalue weighted by atomic mass is 10.0. The summed E-state index contributed by atoms with van der Waals surface area (Å²) < 4.78 is 5.96. The molecule has 0 spiro atoms. The first kappa shape index (κ1) is 25.9. The molecule has 1 heterocycles. The molecule has 1 amide bonds. The number of pyridine rings is 1. The Morgan fingerprint density at radius 3 is 2.49 bits per heavy atom. The molecule has 1 atom stereocenters. The fraction of sp³-hybridized carbons (Fsp3) is 0.345. The number of aryl methyl sites for hydroxylation is 1. The van der Waals surface area contributed by atoms with Crippen molar-refractivity contribution in [3.8, 4) is 11.5 Å². The van der Waals surface area contributed by atoms with Gasteiger partial charge < -0.3 is 15.2 Å². The Hall–Kier alpha value is -3.67. The molecule has 0 saturated heterocycles. The minimum absolute atomic E-state index is 0.00146. The zero-order valence-corrected chi connectivity index (χ0v) is 20.7. The molecular formula is C29H34N2O4. The molecule has 2 N–H and O–H groups in total. The van der Waals surface area contributed by atoms with Gasteiger partial charge in [-0.2, -0.15) is 0 Å². The van der Waals surface area contributed by atoms with E-state index in [1.807, 2.05) is 38.2 Å². The molecule has 0 aliphatic heterocycles. The van der Waals surface area contributed by atoms with Gasteiger partial charge in [0.1, 0.15) is 18.1 Å². The van der Waals surface area contributed by atoms with Crippen LogP contribution in [0.5, 0.6) is 11.5 Å². The predicted octanol–water partition coefficient (Wildman–Crippen LogP) is 5.66. The molecule has 0 aliphatic rings. The first-order valence-corrected chi connectivity index (χ1v) is 12.2. The Labute approximate surface area is 207 Å². The minimum atomic E-state index is -0.178. The van der Waals surface area contributed by atoms with E-state index in [1.165, 1.54) is 12.5 Å². The lowest BCUT2D eigenvalue weighted by Crippen LogP contribution is -2.32. The number of hydrogen-bond donors (Lipinski definition) is 2. The highest BCUT2D eigenvalue weighted by Crippen LogP contribution is 2.33. The molecule has 35 heavy (non-hydrogen) atoms. The van der Waals surface area contributed by atoms with Gasteiger partial charge in [0.05, 0.1) is 5.56 Å². The molecule has 2 aromatic carbocycles. The van der Waals surface area contributed by atoms with Crippen LogP contribution in [0.1, 0.15) is 77.4 Å². The highest BCUT2D eigenvalue weighted by Gasteiger charge is 2.16. The van der Waals surface area contributed by atoms with Gasteiger partial charge >= 0.3 is 0 Å². The molecule has 0 aliphatic carbocycles. The van der Waals surface area contributed by atoms with E-state index in [0.717, 1.165) is 31.2 Å². The van der Waals surface area contributed by atoms with Crippen LogP contribution in [0.3, 0.4) is 0 Å². The zero-order chi connectivity index (χ0) is 25.2. The summed E-state index contributed by atoms with van der Waals surface area (Å²) in [5.41, 5.74) is 3.67. The Balaban J connectivity index is 1.53. The van der Waals surface area contributed by atoms with Crippen LogP contribution in [0.4, 0.5) is 0 Å². The zero-order valence-electron chi connectivity index (χ0n) is 20.7. The number of rotatable bonds is 12. The monoisotopic (exact) mass is 474 g/mol. The van der Waals surface area contributed by atoms with Gasteiger partial charge in [0, 0.05) is 29.6 Å². The minimum Gasteiger partial charge on any atom is -0.507 e. The molecule has 1 unspecified atom stereocenters. The van der Waals surface area contributed by atoms with E-state index >= 15 is 0 Å². The molecule has 184 valence electrons. The van der Waals surface area contributed by atoms with Gasteiger partial charge in [0.2, 0.25) is 0 Å². The van der Waals surface area contributed by atoms with Crippen molar-refractivity contribution in [3.63, 3.8) is 0 Å². The number of nitrogens with one attached hydrogen (secondary N) is 1. The van der Waals surface area contributed by atoms with Gasteiger partial charge in [0.15, 0.2) is 5.78 Å². The summed E-state index contributed by atoms with van der Waals surface area (Å²) in [6.07, 6.45) is 7.89. The van der Waals surface area contributed by atoms with Crippen molar-refractivity contribution in [2.75, 3.05) is 0 Å². The average molecular weight is 475 g/mol. The van der Waals surface area contributed by atoms with E-state index in [4.69, 9.17) is 4.74 Å². The summed E-state index contributed by atoms with van der Waals surface area (Å²) in [7, 11) is 0. The second kappa shape index (κ2) is 12.7. The van der Waals surface area contributed by atoms with Crippen molar-refractivity contribution >= 4 is 11.7 Å². The number of phenols is 1. The van der Waals surface area contributed by atoms with Crippen molar-refractivity contribution < 1.29 is 19.4 Å². The number of ether oxygens (including phenoxy) is 1. The van der Waals surface area contributed by atoms with Crippen molar-refractivity contribution in [2.45, 2.75) is 65.5 Å². The normalized spacial score (nSPS) is 11.6. The second-order valence-electron chi connectivity index (χ2n) is 8.86. The maximum Gasteiger partial charge on any atom is 0.251 e. The van der Waals surface area contributed by atoms with E-state index in [2.05, 4.69) is 16.4 Å². The van der Waals surface area contributed by atoms with Gasteiger partial charge in [-0.3, -0.25) is 14.6 Å². The van der Waals surface area contributed by atoms with Crippen molar-refractivity contribution in [2.24, 2.45) is 0 Å². The van der Waals surface area contributed by atoms with Crippen LogP contribution < -0.4 is 10.1 Å². The lowest BCUT2D eigenvalue weighted by molar-refractivity contribution is 0.0937. The number of carbonyl (C=O) groups is 2. The molecule has 0 fully saturated rings. The fourth-order valence-electron chi connectivity index (χ4n) is 3.98. The smallest absolute Gasteiger partial charge is 0.251 e. The van der Waals surface area contributed by atoms with E-state index in [-0.39, 0.29) is 23.5 Å². The van der Waals surface area contributed by atoms with Crippen molar-refractivity contribution in [1.82, 2.24) is 10.3 Å². The molecule has 0 saturated carbocycles. The van der Waals surface area contributed by atoms with Gasteiger partial charge in [0.25, 0.3) is 5.91 Å². The molecule has 3 aromatic rings. The van der Waals surface area contributed by atoms with Gasteiger partial charge in [-0.1, -0.05) is 31.5 Å². The largest absolute Gasteiger partial charge is 0.507 e. The predicted molar refractivity (Wildman–Crippen MR) is 137 cm³/mol. The number of aromatic hydroxyl groups is 1. The first-order chi connectivity index (χ1) is 16.9. The third-order valence-corrected chi connectivity index (χ3v) is 5.93. The summed E-state index contributed by atoms with van der Waals surface area (Å²) in [5.74, 6) is 0.291. The number of phenolic OH excluding ortho intramolecular Hbond substituents is 1. The molecule has 1 aromatic heterocycles. The molecule has 0 radical (unpaired) electrons. The van der Waals surface area contributed by atoms with Crippen LogP contribution in [0.15, 0.2) is 60.9 Å². The quantitative estimate of drug-likeness (QED) is 0.331. The maximum absolute atomic E-state index is 12.6. The van der Waals surface area contributed by atoms with E-state index in [9.17, 15) is 14.7 Å². The van der Waals surface area contributed by atoms with Crippen LogP contribution in [-0.2, 0) is 19.4 Å². The van der Waals surface area contributed by atoms with Crippen LogP contribution in [0.25, 0.3) is 0 Å². The van der Waals surface area contributed by atoms with E-state index in [0.29, 0.717) is 35.5 Å². The highest BCUT2D eigenvalue weighted by molar-refractivity contribution is 5.97. The van der Waals surface area contributed by atoms with E-state index < -0.39 is 0 Å². The number of nitrogens with zero attached hydrogens (tertiary/aromatic N) is 1. The van der Waals surface area contributed by atoms with Gasteiger partial charge in [-0.25, -0.2) is 0 Å². The number of amides is 1. The molecule has 6 nitrogen and oxygen atoms in total. The Morgan fingerprint density at radius 1 is 1.06 bits per heavy atom. The highest BCUT2D eigenvalue weighted by atomic mass is 16.5. The molecule has 0 bridgehead atoms. The number of ketones is 1. The SMILES string of the molecule is CCCc1c(OCc2ccc(C(=O)NC(C)CCCc3cccnc3)cc2)ccc(C(C)=O)c1O. The summed E-state index contributed by atoms with van der Waals surface area (Å²) in [6, 6.07) is 14.7. The first-order valence-electron chi connectivity index (χ1n) is 12.2. The second-order valence-corrected chi connectivity index (χ2v) is 8.86. The number of benzene rings is 2. The van der Waals surface area contributed by atoms with Crippen LogP contribution in [-0.4, -0.2) is 27.8 Å². The topological polar surface area (TPSA) is 88.5 Å². The summed E-state index contributed by atoms with van der Waals surface area (Å²) in [5, 5.41) is 13.6. The van der Waals surface area contributed by atoms with Crippen LogP contribution in [0, 0.1) is 0 Å². The Bertz CT molecular complexity index is 1130. The van der Waals surface area contributed by atoms with E-state index in [1.54, 1.807) is 30.5 Å². The Morgan fingerprint density at radius 2 is 1.83 bits per heavy atom. The van der Waals surface area contributed by atoms with Crippen molar-refractivity contribution in [1.29, 1.82) is 0 Å². The lowest BCUT2D eigenvalue weighted by Gasteiger charge is -2.15. The number of aromatic nitrogens is 1. The fourth-order valence-corrected chi connectivity index (χ4v) is 3.98. The van der Waals surface area contributed by atoms with Crippen LogP contribution in [0.2, 0.25) is 0 Å². The van der Waals surface area contributed by atoms with Crippen LogP contribution >= 0.6 is 0 Å². The Kier molecular flexibility index (Phi) is 9.41. The standard InChI is InChI=1S/C29H34N2O4/c1-4-7-26-27(16-15-25(21(3)32)28(26)33)35-19-23-11-13-24(14-12-23)29(34)31-20(2)8-5-9-22-10-6-17-30-18-22/h6,10-18,20,33H,4-5,7-9,19H2,1-3H3,(H,31,34). The number of Topliss-reactive ketones (excluding diaryl/α,β-unsaturated/α-hetero) is 1. The van der Waals surface area contributed by atoms with Gasteiger partial charge in [-0.05, 0) is 81.0 Å². The maximum atomic E-state index is 12.6. The third kappa shape index (κ3) is 7.41. The number of carbonyl (C=O) groups excluding carboxylic acids is 2. The summed E-state index contributed by atoms with van der Waals surface area (Å²) in [4.78, 5) is 28.5. The molecule has 6 heteroatoms.